The molecule has 3 heterocycles. The Labute approximate surface area is 223 Å². The first-order valence-electron chi connectivity index (χ1n) is 12.4. The molecule has 11 nitrogen and oxygen atoms in total. The number of carbonyl (C=O) groups is 1. The Morgan fingerprint density at radius 2 is 2.18 bits per heavy atom. The topological polar surface area (TPSA) is 144 Å². The number of anilines is 1. The zero-order valence-electron chi connectivity index (χ0n) is 21.2. The number of nitrogens with two attached hydrogens (primary N) is 1. The lowest BCUT2D eigenvalue weighted by Gasteiger charge is -2.21. The molecule has 0 unspecified atom stereocenters. The Hall–Kier alpha value is -4.39. The summed E-state index contributed by atoms with van der Waals surface area (Å²) in [4.78, 5) is 26.4. The summed E-state index contributed by atoms with van der Waals surface area (Å²) in [5.41, 5.74) is 6.47. The number of hydrogen-bond donors (Lipinski definition) is 3. The molecule has 2 aliphatic rings. The predicted molar refractivity (Wildman–Crippen MR) is 139 cm³/mol. The van der Waals surface area contributed by atoms with Crippen molar-refractivity contribution in [2.75, 3.05) is 25.5 Å². The van der Waals surface area contributed by atoms with E-state index in [9.17, 15) is 18.7 Å². The predicted octanol–water partition coefficient (Wildman–Crippen LogP) is 2.43. The van der Waals surface area contributed by atoms with Crippen molar-refractivity contribution >= 4 is 18.1 Å². The van der Waals surface area contributed by atoms with Crippen molar-refractivity contribution in [3.63, 3.8) is 0 Å². The van der Waals surface area contributed by atoms with Gasteiger partial charge in [-0.3, -0.25) is 9.79 Å². The molecule has 3 aromatic rings. The molecule has 1 amide bonds. The van der Waals surface area contributed by atoms with Gasteiger partial charge < -0.3 is 25.8 Å². The number of ether oxygens (including phenoxy) is 1. The van der Waals surface area contributed by atoms with Crippen LogP contribution in [-0.4, -0.2) is 74.5 Å². The average molecular weight is 539 g/mol. The number of rotatable bonds is 10. The summed E-state index contributed by atoms with van der Waals surface area (Å²) < 4.78 is 32.3. The number of aliphatic imine (C=N–C) groups is 1. The van der Waals surface area contributed by atoms with Crippen LogP contribution in [0.1, 0.15) is 24.8 Å². The summed E-state index contributed by atoms with van der Waals surface area (Å²) in [7, 11) is 1.67. The van der Waals surface area contributed by atoms with Crippen LogP contribution in [0.5, 0.6) is 0 Å². The third-order valence-corrected chi connectivity index (χ3v) is 6.40. The third kappa shape index (κ3) is 5.87. The van der Waals surface area contributed by atoms with E-state index in [1.807, 2.05) is 6.07 Å². The van der Waals surface area contributed by atoms with Crippen LogP contribution in [0.2, 0.25) is 0 Å². The van der Waals surface area contributed by atoms with Gasteiger partial charge in [-0.2, -0.15) is 10.1 Å². The standard InChI is InChI=1S/C26H28F2N8O3/c1-35-12-9-26(38,24(35)37)17-4-2-3-16(13-17)19-8-11-36(34-19)22-7-10-31-25(33-22)32-20(14-30-15-21(27)28)23(29)39-18-5-6-18/h2-4,7-8,10-11,13-14,18,21,38H,5-6,9,12,15,29H2,1H3,(H,31,32,33)/b23-20-,30-14?/t26-/m1/s1. The molecule has 13 heteroatoms. The van der Waals surface area contributed by atoms with E-state index in [-0.39, 0.29) is 29.5 Å². The van der Waals surface area contributed by atoms with Crippen LogP contribution >= 0.6 is 0 Å². The van der Waals surface area contributed by atoms with Gasteiger partial charge >= 0.3 is 0 Å². The Bertz CT molecular complexity index is 1420. The smallest absolute Gasteiger partial charge is 0.258 e. The Balaban J connectivity index is 1.37. The Morgan fingerprint density at radius 1 is 1.36 bits per heavy atom. The molecule has 2 aromatic heterocycles. The van der Waals surface area contributed by atoms with Crippen LogP contribution < -0.4 is 11.1 Å². The van der Waals surface area contributed by atoms with E-state index in [4.69, 9.17) is 10.5 Å². The maximum Gasteiger partial charge on any atom is 0.258 e. The number of halogens is 2. The summed E-state index contributed by atoms with van der Waals surface area (Å²) >= 11 is 0. The summed E-state index contributed by atoms with van der Waals surface area (Å²) in [5.74, 6) is 0.242. The lowest BCUT2D eigenvalue weighted by atomic mass is 9.90. The van der Waals surface area contributed by atoms with Crippen molar-refractivity contribution in [1.82, 2.24) is 24.6 Å². The number of nitrogens with zero attached hydrogens (tertiary/aromatic N) is 6. The number of amides is 1. The fourth-order valence-electron chi connectivity index (χ4n) is 4.13. The SMILES string of the molecule is CN1CC[C@@](O)(c2cccc(-c3ccn(-c4ccnc(N/C(C=NCC(F)F)=C(/N)OC5CC5)n4)n3)c2)C1=O. The van der Waals surface area contributed by atoms with Crippen LogP contribution in [0.3, 0.4) is 0 Å². The molecule has 0 spiro atoms. The van der Waals surface area contributed by atoms with Crippen molar-refractivity contribution in [2.45, 2.75) is 37.4 Å². The number of carbonyl (C=O) groups excluding carboxylic acids is 1. The van der Waals surface area contributed by atoms with Gasteiger partial charge in [-0.1, -0.05) is 18.2 Å². The van der Waals surface area contributed by atoms with Crippen LogP contribution in [0, 0.1) is 0 Å². The zero-order chi connectivity index (χ0) is 27.6. The first-order chi connectivity index (χ1) is 18.7. The molecule has 4 N–H and O–H groups in total. The number of benzene rings is 1. The van der Waals surface area contributed by atoms with Gasteiger partial charge in [0.25, 0.3) is 12.3 Å². The quantitative estimate of drug-likeness (QED) is 0.264. The molecule has 1 aliphatic heterocycles. The van der Waals surface area contributed by atoms with E-state index in [2.05, 4.69) is 25.4 Å². The minimum absolute atomic E-state index is 0.00744. The molecular weight excluding hydrogens is 510 g/mol. The van der Waals surface area contributed by atoms with Gasteiger partial charge in [0.1, 0.15) is 11.8 Å². The van der Waals surface area contributed by atoms with Crippen molar-refractivity contribution in [1.29, 1.82) is 0 Å². The van der Waals surface area contributed by atoms with Gasteiger partial charge in [0.15, 0.2) is 11.4 Å². The van der Waals surface area contributed by atoms with Gasteiger partial charge in [-0.15, -0.1) is 0 Å². The molecule has 1 atom stereocenters. The molecule has 39 heavy (non-hydrogen) atoms. The maximum absolute atomic E-state index is 12.6. The second kappa shape index (κ2) is 10.8. The van der Waals surface area contributed by atoms with Gasteiger partial charge in [0.05, 0.1) is 18.5 Å². The molecule has 204 valence electrons. The Morgan fingerprint density at radius 3 is 2.90 bits per heavy atom. The van der Waals surface area contributed by atoms with Crippen molar-refractivity contribution in [3.8, 4) is 17.1 Å². The highest BCUT2D eigenvalue weighted by Gasteiger charge is 2.45. The minimum atomic E-state index is -2.59. The van der Waals surface area contributed by atoms with Crippen LogP contribution in [0.15, 0.2) is 65.4 Å². The number of aliphatic hydroxyl groups is 1. The number of alkyl halides is 2. The molecular formula is C26H28F2N8O3. The number of allylic oxidation sites excluding steroid dienone is 1. The van der Waals surface area contributed by atoms with E-state index in [0.29, 0.717) is 30.0 Å². The van der Waals surface area contributed by atoms with Crippen LogP contribution in [0.4, 0.5) is 14.7 Å². The summed E-state index contributed by atoms with van der Waals surface area (Å²) in [6.07, 6.45) is 3.85. The van der Waals surface area contributed by atoms with Gasteiger partial charge in [0.2, 0.25) is 11.8 Å². The minimum Gasteiger partial charge on any atom is -0.475 e. The molecule has 0 radical (unpaired) electrons. The number of likely N-dealkylation sites (N-methyl/N-ethyl adjacent to an activating group) is 1. The molecule has 5 rings (SSSR count). The fourth-order valence-corrected chi connectivity index (χ4v) is 4.13. The van der Waals surface area contributed by atoms with Crippen molar-refractivity contribution < 1.29 is 23.4 Å². The van der Waals surface area contributed by atoms with E-state index in [1.165, 1.54) is 22.0 Å². The Kier molecular flexibility index (Phi) is 7.24. The molecule has 1 aliphatic carbocycles. The third-order valence-electron chi connectivity index (χ3n) is 6.40. The normalized spacial score (nSPS) is 20.1. The number of likely N-dealkylation sites (tertiary alicyclic amines) is 1. The molecule has 1 aromatic carbocycles. The zero-order valence-corrected chi connectivity index (χ0v) is 21.2. The second-order valence-corrected chi connectivity index (χ2v) is 9.41. The molecule has 0 bridgehead atoms. The van der Waals surface area contributed by atoms with Gasteiger partial charge in [-0.25, -0.2) is 18.4 Å². The van der Waals surface area contributed by atoms with Gasteiger partial charge in [0, 0.05) is 44.0 Å². The number of nitrogens with one attached hydrogen (secondary N) is 1. The van der Waals surface area contributed by atoms with E-state index in [1.54, 1.807) is 43.6 Å². The summed E-state index contributed by atoms with van der Waals surface area (Å²) in [6, 6.07) is 10.5. The number of aromatic nitrogens is 4. The monoisotopic (exact) mass is 538 g/mol. The van der Waals surface area contributed by atoms with E-state index in [0.717, 1.165) is 18.4 Å². The molecule has 1 saturated carbocycles. The van der Waals surface area contributed by atoms with Gasteiger partial charge in [-0.05, 0) is 30.5 Å². The van der Waals surface area contributed by atoms with Crippen LogP contribution in [0.25, 0.3) is 17.1 Å². The average Bonchev–Trinajstić information content (AvgIpc) is 3.52. The lowest BCUT2D eigenvalue weighted by molar-refractivity contribution is -0.143. The van der Waals surface area contributed by atoms with E-state index < -0.39 is 18.6 Å². The fraction of sp³-hybridized carbons (Fsp3) is 0.346. The maximum atomic E-state index is 12.6. The van der Waals surface area contributed by atoms with Crippen molar-refractivity contribution in [3.05, 3.63) is 65.9 Å². The summed E-state index contributed by atoms with van der Waals surface area (Å²) in [6.45, 7) is -0.200. The lowest BCUT2D eigenvalue weighted by Crippen LogP contribution is -2.36. The first kappa shape index (κ1) is 26.2. The summed E-state index contributed by atoms with van der Waals surface area (Å²) in [5, 5.41) is 18.5. The highest BCUT2D eigenvalue weighted by Crippen LogP contribution is 2.34. The van der Waals surface area contributed by atoms with Crippen molar-refractivity contribution in [2.24, 2.45) is 10.7 Å². The first-order valence-corrected chi connectivity index (χ1v) is 12.4. The molecule has 2 fully saturated rings. The molecule has 1 saturated heterocycles. The van der Waals surface area contributed by atoms with E-state index >= 15 is 0 Å². The highest BCUT2D eigenvalue weighted by molar-refractivity contribution is 5.88. The van der Waals surface area contributed by atoms with Crippen LogP contribution in [-0.2, 0) is 15.1 Å². The highest BCUT2D eigenvalue weighted by atomic mass is 19.3. The largest absolute Gasteiger partial charge is 0.475 e. The number of hydrogen-bond acceptors (Lipinski definition) is 9. The second-order valence-electron chi connectivity index (χ2n) is 9.41.